The maximum Gasteiger partial charge on any atom is 0.124 e. The van der Waals surface area contributed by atoms with Gasteiger partial charge in [-0.2, -0.15) is 0 Å². The number of nitrogens with zero attached hydrogens (tertiary/aromatic N) is 3. The minimum absolute atomic E-state index is 0.725. The largest absolute Gasteiger partial charge is 0.364 e. The molecule has 4 nitrogen and oxygen atoms in total. The first-order valence-corrected chi connectivity index (χ1v) is 3.73. The maximum atomic E-state index is 4.72. The fourth-order valence-corrected chi connectivity index (χ4v) is 1.06. The van der Waals surface area contributed by atoms with Crippen LogP contribution in [0.4, 0.5) is 0 Å². The molecule has 0 aliphatic rings. The Bertz CT molecular complexity index is 350. The third-order valence-electron chi connectivity index (χ3n) is 1.75. The minimum Gasteiger partial charge on any atom is -0.364 e. The van der Waals surface area contributed by atoms with Crippen LogP contribution in [0.2, 0.25) is 0 Å². The van der Waals surface area contributed by atoms with Crippen molar-refractivity contribution < 1.29 is 4.52 Å². The Kier molecular flexibility index (Phi) is 1.66. The van der Waals surface area contributed by atoms with Gasteiger partial charge in [0.15, 0.2) is 0 Å². The van der Waals surface area contributed by atoms with Crippen molar-refractivity contribution in [2.24, 2.45) is 0 Å². The number of hydrogen-bond donors (Lipinski definition) is 0. The lowest BCUT2D eigenvalue weighted by atomic mass is 10.4. The van der Waals surface area contributed by atoms with Crippen LogP contribution in [0.5, 0.6) is 0 Å². The molecule has 0 radical (unpaired) electrons. The molecule has 0 bridgehead atoms. The number of aromatic nitrogens is 3. The van der Waals surface area contributed by atoms with Gasteiger partial charge < -0.3 is 9.09 Å². The van der Waals surface area contributed by atoms with Gasteiger partial charge >= 0.3 is 0 Å². The van der Waals surface area contributed by atoms with E-state index < -0.39 is 0 Å². The summed E-state index contributed by atoms with van der Waals surface area (Å²) >= 11 is 0. The van der Waals surface area contributed by atoms with Crippen molar-refractivity contribution in [3.63, 3.8) is 0 Å². The van der Waals surface area contributed by atoms with Crippen LogP contribution in [0.25, 0.3) is 0 Å². The monoisotopic (exact) mass is 163 g/mol. The Balaban J connectivity index is 2.20. The first-order valence-electron chi connectivity index (χ1n) is 3.73. The molecule has 0 amide bonds. The lowest BCUT2D eigenvalue weighted by Gasteiger charge is -1.99. The fraction of sp³-hybridized carbons (Fsp3) is 0.250. The summed E-state index contributed by atoms with van der Waals surface area (Å²) in [6.07, 6.45) is 5.26. The molecule has 0 saturated heterocycles. The SMILES string of the molecule is Cc1nccn1Cc1ccon1. The van der Waals surface area contributed by atoms with E-state index in [1.165, 1.54) is 0 Å². The predicted octanol–water partition coefficient (Wildman–Crippen LogP) is 1.23. The molecule has 0 atom stereocenters. The fourth-order valence-electron chi connectivity index (χ4n) is 1.06. The van der Waals surface area contributed by atoms with Crippen molar-refractivity contribution in [1.82, 2.24) is 14.7 Å². The topological polar surface area (TPSA) is 43.9 Å². The zero-order valence-corrected chi connectivity index (χ0v) is 6.77. The van der Waals surface area contributed by atoms with Crippen molar-refractivity contribution in [2.45, 2.75) is 13.5 Å². The highest BCUT2D eigenvalue weighted by atomic mass is 16.5. The number of rotatable bonds is 2. The molecule has 2 aromatic heterocycles. The van der Waals surface area contributed by atoms with Crippen molar-refractivity contribution in [3.05, 3.63) is 36.2 Å². The molecule has 0 aliphatic carbocycles. The summed E-state index contributed by atoms with van der Waals surface area (Å²) in [5.41, 5.74) is 0.913. The van der Waals surface area contributed by atoms with Crippen molar-refractivity contribution >= 4 is 0 Å². The van der Waals surface area contributed by atoms with Gasteiger partial charge in [-0.1, -0.05) is 5.16 Å². The normalized spacial score (nSPS) is 10.4. The number of hydrogen-bond acceptors (Lipinski definition) is 3. The highest BCUT2D eigenvalue weighted by Crippen LogP contribution is 2.01. The van der Waals surface area contributed by atoms with E-state index in [1.54, 1.807) is 12.5 Å². The summed E-state index contributed by atoms with van der Waals surface area (Å²) in [7, 11) is 0. The van der Waals surface area contributed by atoms with Gasteiger partial charge in [-0.3, -0.25) is 0 Å². The summed E-state index contributed by atoms with van der Waals surface area (Å²) in [5.74, 6) is 0.984. The highest BCUT2D eigenvalue weighted by molar-refractivity contribution is 4.99. The molecule has 0 aromatic carbocycles. The molecule has 0 N–H and O–H groups in total. The van der Waals surface area contributed by atoms with E-state index in [0.717, 1.165) is 18.1 Å². The molecule has 0 unspecified atom stereocenters. The van der Waals surface area contributed by atoms with Gasteiger partial charge in [0.2, 0.25) is 0 Å². The van der Waals surface area contributed by atoms with Crippen LogP contribution < -0.4 is 0 Å². The number of aryl methyl sites for hydroxylation is 1. The van der Waals surface area contributed by atoms with Crippen molar-refractivity contribution in [3.8, 4) is 0 Å². The first-order chi connectivity index (χ1) is 5.86. The first kappa shape index (κ1) is 7.09. The number of imidazole rings is 1. The molecule has 0 fully saturated rings. The highest BCUT2D eigenvalue weighted by Gasteiger charge is 1.99. The molecule has 62 valence electrons. The van der Waals surface area contributed by atoms with Gasteiger partial charge in [0.05, 0.1) is 6.54 Å². The predicted molar refractivity (Wildman–Crippen MR) is 42.6 cm³/mol. The van der Waals surface area contributed by atoms with Gasteiger partial charge in [-0.25, -0.2) is 4.98 Å². The van der Waals surface area contributed by atoms with Crippen molar-refractivity contribution in [1.29, 1.82) is 0 Å². The Morgan fingerprint density at radius 2 is 2.50 bits per heavy atom. The van der Waals surface area contributed by atoms with Gasteiger partial charge in [-0.15, -0.1) is 0 Å². The van der Waals surface area contributed by atoms with Crippen LogP contribution in [-0.2, 0) is 6.54 Å². The van der Waals surface area contributed by atoms with E-state index in [1.807, 2.05) is 23.8 Å². The maximum absolute atomic E-state index is 4.72. The summed E-state index contributed by atoms with van der Waals surface area (Å²) in [5, 5.41) is 3.81. The zero-order valence-electron chi connectivity index (χ0n) is 6.77. The van der Waals surface area contributed by atoms with E-state index in [9.17, 15) is 0 Å². The Morgan fingerprint density at radius 3 is 3.08 bits per heavy atom. The van der Waals surface area contributed by atoms with Crippen LogP contribution in [0.15, 0.2) is 29.2 Å². The molecule has 2 heterocycles. The summed E-state index contributed by atoms with van der Waals surface area (Å²) in [4.78, 5) is 4.10. The molecular weight excluding hydrogens is 154 g/mol. The molecule has 0 saturated carbocycles. The lowest BCUT2D eigenvalue weighted by Crippen LogP contribution is -2.00. The molecule has 0 spiro atoms. The van der Waals surface area contributed by atoms with Crippen LogP contribution in [-0.4, -0.2) is 14.7 Å². The second-order valence-corrected chi connectivity index (χ2v) is 2.59. The van der Waals surface area contributed by atoms with E-state index in [0.29, 0.717) is 0 Å². The second kappa shape index (κ2) is 2.81. The Labute approximate surface area is 69.8 Å². The lowest BCUT2D eigenvalue weighted by molar-refractivity contribution is 0.409. The molecule has 12 heavy (non-hydrogen) atoms. The summed E-state index contributed by atoms with van der Waals surface area (Å²) in [6, 6.07) is 1.85. The summed E-state index contributed by atoms with van der Waals surface area (Å²) in [6.45, 7) is 2.68. The molecule has 2 aromatic rings. The van der Waals surface area contributed by atoms with Gasteiger partial charge in [0, 0.05) is 18.5 Å². The quantitative estimate of drug-likeness (QED) is 0.668. The van der Waals surface area contributed by atoms with Crippen LogP contribution >= 0.6 is 0 Å². The summed E-state index contributed by atoms with van der Waals surface area (Å²) < 4.78 is 6.73. The Morgan fingerprint density at radius 1 is 1.58 bits per heavy atom. The van der Waals surface area contributed by atoms with E-state index in [4.69, 9.17) is 4.52 Å². The molecular formula is C8H9N3O. The average molecular weight is 163 g/mol. The van der Waals surface area contributed by atoms with Gasteiger partial charge in [0.25, 0.3) is 0 Å². The van der Waals surface area contributed by atoms with E-state index in [2.05, 4.69) is 10.1 Å². The second-order valence-electron chi connectivity index (χ2n) is 2.59. The van der Waals surface area contributed by atoms with Gasteiger partial charge in [0.1, 0.15) is 17.8 Å². The smallest absolute Gasteiger partial charge is 0.124 e. The molecule has 0 aliphatic heterocycles. The molecule has 2 rings (SSSR count). The van der Waals surface area contributed by atoms with Crippen molar-refractivity contribution in [2.75, 3.05) is 0 Å². The average Bonchev–Trinajstić information content (AvgIpc) is 2.65. The Hall–Kier alpha value is -1.58. The van der Waals surface area contributed by atoms with Crippen LogP contribution in [0, 0.1) is 6.92 Å². The van der Waals surface area contributed by atoms with E-state index >= 15 is 0 Å². The van der Waals surface area contributed by atoms with Gasteiger partial charge in [-0.05, 0) is 6.92 Å². The minimum atomic E-state index is 0.725. The third-order valence-corrected chi connectivity index (χ3v) is 1.75. The third kappa shape index (κ3) is 1.23. The van der Waals surface area contributed by atoms with E-state index in [-0.39, 0.29) is 0 Å². The van der Waals surface area contributed by atoms with Crippen LogP contribution in [0.3, 0.4) is 0 Å². The standard InChI is InChI=1S/C8H9N3O/c1-7-9-3-4-11(7)6-8-2-5-12-10-8/h2-5H,6H2,1H3. The zero-order chi connectivity index (χ0) is 8.39. The van der Waals surface area contributed by atoms with Crippen LogP contribution in [0.1, 0.15) is 11.5 Å². The molecule has 4 heteroatoms.